The van der Waals surface area contributed by atoms with Gasteiger partial charge in [0.05, 0.1) is 32.6 Å². The molecule has 26 heavy (non-hydrogen) atoms. The number of methoxy groups -OCH3 is 2. The largest absolute Gasteiger partial charge is 0.496 e. The number of benzene rings is 1. The number of aromatic nitrogens is 1. The summed E-state index contributed by atoms with van der Waals surface area (Å²) in [5.74, 6) is 0.878. The van der Waals surface area contributed by atoms with Crippen LogP contribution >= 0.6 is 0 Å². The minimum atomic E-state index is -3.61. The van der Waals surface area contributed by atoms with E-state index < -0.39 is 10.1 Å². The first-order valence-electron chi connectivity index (χ1n) is 7.85. The average Bonchev–Trinajstić information content (AvgIpc) is 2.59. The quantitative estimate of drug-likeness (QED) is 0.713. The van der Waals surface area contributed by atoms with Gasteiger partial charge in [0, 0.05) is 24.4 Å². The fourth-order valence-corrected chi connectivity index (χ4v) is 3.05. The molecule has 2 rings (SSSR count). The van der Waals surface area contributed by atoms with E-state index in [0.717, 1.165) is 22.9 Å². The van der Waals surface area contributed by atoms with Crippen molar-refractivity contribution < 1.29 is 22.1 Å². The zero-order valence-electron chi connectivity index (χ0n) is 15.7. The van der Waals surface area contributed by atoms with Gasteiger partial charge in [0.25, 0.3) is 15.7 Å². The maximum atomic E-state index is 12.1. The monoisotopic (exact) mass is 381 g/mol. The van der Waals surface area contributed by atoms with Gasteiger partial charge in [-0.05, 0) is 37.1 Å². The normalized spacial score (nSPS) is 11.5. The standard InChI is InChI=1S/C18H23NO6S/c1-11-12(2)18(20)19(3)9-14(11)13-7-16(23-4)15(17(8-13)24-5)10-25-26(6,21)22/h7-9H,10H2,1-6H3. The molecule has 0 radical (unpaired) electrons. The summed E-state index contributed by atoms with van der Waals surface area (Å²) in [5, 5.41) is 0. The summed E-state index contributed by atoms with van der Waals surface area (Å²) >= 11 is 0. The molecule has 7 nitrogen and oxygen atoms in total. The Hall–Kier alpha value is -2.32. The average molecular weight is 381 g/mol. The van der Waals surface area contributed by atoms with E-state index in [1.807, 2.05) is 6.92 Å². The molecule has 0 N–H and O–H groups in total. The van der Waals surface area contributed by atoms with Crippen LogP contribution in [0.1, 0.15) is 16.7 Å². The zero-order valence-corrected chi connectivity index (χ0v) is 16.6. The fourth-order valence-electron chi connectivity index (χ4n) is 2.71. The summed E-state index contributed by atoms with van der Waals surface area (Å²) in [5.41, 5.74) is 3.60. The molecule has 0 unspecified atom stereocenters. The molecule has 8 heteroatoms. The van der Waals surface area contributed by atoms with E-state index in [-0.39, 0.29) is 12.2 Å². The molecule has 0 aliphatic carbocycles. The molecule has 0 fully saturated rings. The Morgan fingerprint density at radius 1 is 1.04 bits per heavy atom. The van der Waals surface area contributed by atoms with E-state index in [1.165, 1.54) is 18.8 Å². The van der Waals surface area contributed by atoms with Crippen molar-refractivity contribution in [1.82, 2.24) is 4.57 Å². The summed E-state index contributed by atoms with van der Waals surface area (Å²) < 4.78 is 39.9. The van der Waals surface area contributed by atoms with Crippen molar-refractivity contribution in [3.63, 3.8) is 0 Å². The number of nitrogens with zero attached hydrogens (tertiary/aromatic N) is 1. The van der Waals surface area contributed by atoms with Crippen LogP contribution in [0, 0.1) is 13.8 Å². The highest BCUT2D eigenvalue weighted by molar-refractivity contribution is 7.85. The first kappa shape index (κ1) is 20.0. The van der Waals surface area contributed by atoms with Gasteiger partial charge in [0.15, 0.2) is 0 Å². The lowest BCUT2D eigenvalue weighted by Gasteiger charge is -2.17. The van der Waals surface area contributed by atoms with Gasteiger partial charge in [-0.25, -0.2) is 0 Å². The Balaban J connectivity index is 2.65. The second-order valence-corrected chi connectivity index (χ2v) is 7.68. The Kier molecular flexibility index (Phi) is 5.77. The van der Waals surface area contributed by atoms with Crippen LogP contribution in [-0.2, 0) is 28.0 Å². The molecule has 1 aromatic carbocycles. The van der Waals surface area contributed by atoms with Crippen LogP contribution < -0.4 is 15.0 Å². The van der Waals surface area contributed by atoms with E-state index in [0.29, 0.717) is 22.6 Å². The molecule has 2 aromatic rings. The van der Waals surface area contributed by atoms with Crippen molar-refractivity contribution in [2.75, 3.05) is 20.5 Å². The predicted octanol–water partition coefficient (Wildman–Crippen LogP) is 2.16. The van der Waals surface area contributed by atoms with Gasteiger partial charge in [-0.2, -0.15) is 8.42 Å². The number of hydrogen-bond acceptors (Lipinski definition) is 6. The maximum absolute atomic E-state index is 12.1. The highest BCUT2D eigenvalue weighted by Gasteiger charge is 2.18. The first-order valence-corrected chi connectivity index (χ1v) is 9.67. The van der Waals surface area contributed by atoms with Gasteiger partial charge in [0.1, 0.15) is 11.5 Å². The smallest absolute Gasteiger partial charge is 0.264 e. The van der Waals surface area contributed by atoms with Crippen molar-refractivity contribution in [3.8, 4) is 22.6 Å². The Labute approximate surface area is 153 Å². The molecule has 0 aliphatic rings. The third-order valence-corrected chi connectivity index (χ3v) is 4.81. The fraction of sp³-hybridized carbons (Fsp3) is 0.389. The van der Waals surface area contributed by atoms with Crippen LogP contribution in [0.5, 0.6) is 11.5 Å². The lowest BCUT2D eigenvalue weighted by Crippen LogP contribution is -2.20. The lowest BCUT2D eigenvalue weighted by atomic mass is 9.97. The molecule has 0 saturated heterocycles. The third kappa shape index (κ3) is 4.08. The molecule has 0 spiro atoms. The van der Waals surface area contributed by atoms with Crippen molar-refractivity contribution in [1.29, 1.82) is 0 Å². The van der Waals surface area contributed by atoms with Crippen LogP contribution in [0.25, 0.3) is 11.1 Å². The van der Waals surface area contributed by atoms with Crippen LogP contribution in [0.4, 0.5) is 0 Å². The first-order chi connectivity index (χ1) is 12.1. The Morgan fingerprint density at radius 2 is 1.58 bits per heavy atom. The van der Waals surface area contributed by atoms with Crippen LogP contribution in [0.15, 0.2) is 23.1 Å². The summed E-state index contributed by atoms with van der Waals surface area (Å²) in [6.45, 7) is 3.46. The maximum Gasteiger partial charge on any atom is 0.264 e. The molecular formula is C18H23NO6S. The number of aryl methyl sites for hydroxylation is 1. The predicted molar refractivity (Wildman–Crippen MR) is 99.3 cm³/mol. The van der Waals surface area contributed by atoms with Crippen LogP contribution in [0.3, 0.4) is 0 Å². The van der Waals surface area contributed by atoms with Gasteiger partial charge in [-0.15, -0.1) is 0 Å². The lowest BCUT2D eigenvalue weighted by molar-refractivity contribution is 0.292. The highest BCUT2D eigenvalue weighted by Crippen LogP contribution is 2.36. The molecule has 0 amide bonds. The Morgan fingerprint density at radius 3 is 2.04 bits per heavy atom. The Bertz CT molecular complexity index is 966. The second kappa shape index (κ2) is 7.51. The third-order valence-electron chi connectivity index (χ3n) is 4.27. The number of pyridine rings is 1. The second-order valence-electron chi connectivity index (χ2n) is 6.03. The summed E-state index contributed by atoms with van der Waals surface area (Å²) in [4.78, 5) is 12.1. The molecule has 0 atom stereocenters. The van der Waals surface area contributed by atoms with Gasteiger partial charge < -0.3 is 14.0 Å². The zero-order chi connectivity index (χ0) is 19.6. The van der Waals surface area contributed by atoms with Crippen molar-refractivity contribution in [2.24, 2.45) is 7.05 Å². The molecule has 0 saturated carbocycles. The van der Waals surface area contributed by atoms with E-state index in [9.17, 15) is 13.2 Å². The molecular weight excluding hydrogens is 358 g/mol. The van der Waals surface area contributed by atoms with Crippen LogP contribution in [0.2, 0.25) is 0 Å². The van der Waals surface area contributed by atoms with Gasteiger partial charge in [-0.3, -0.25) is 8.98 Å². The van der Waals surface area contributed by atoms with Crippen molar-refractivity contribution in [3.05, 3.63) is 45.4 Å². The van der Waals surface area contributed by atoms with Gasteiger partial charge >= 0.3 is 0 Å². The molecule has 1 aromatic heterocycles. The van der Waals surface area contributed by atoms with Crippen molar-refractivity contribution in [2.45, 2.75) is 20.5 Å². The number of ether oxygens (including phenoxy) is 2. The van der Waals surface area contributed by atoms with Crippen molar-refractivity contribution >= 4 is 10.1 Å². The van der Waals surface area contributed by atoms with E-state index in [2.05, 4.69) is 0 Å². The summed E-state index contributed by atoms with van der Waals surface area (Å²) in [6, 6.07) is 3.55. The van der Waals surface area contributed by atoms with E-state index in [1.54, 1.807) is 32.3 Å². The molecule has 142 valence electrons. The minimum absolute atomic E-state index is 0.0525. The van der Waals surface area contributed by atoms with E-state index in [4.69, 9.17) is 13.7 Å². The summed E-state index contributed by atoms with van der Waals surface area (Å²) in [7, 11) is 1.06. The molecule has 1 heterocycles. The van der Waals surface area contributed by atoms with Gasteiger partial charge in [0.2, 0.25) is 0 Å². The summed E-state index contributed by atoms with van der Waals surface area (Å²) in [6.07, 6.45) is 2.74. The number of rotatable bonds is 6. The molecule has 0 bridgehead atoms. The van der Waals surface area contributed by atoms with Crippen LogP contribution in [-0.4, -0.2) is 33.5 Å². The topological polar surface area (TPSA) is 83.8 Å². The molecule has 0 aliphatic heterocycles. The van der Waals surface area contributed by atoms with Gasteiger partial charge in [-0.1, -0.05) is 0 Å². The van der Waals surface area contributed by atoms with E-state index >= 15 is 0 Å². The number of hydrogen-bond donors (Lipinski definition) is 0. The minimum Gasteiger partial charge on any atom is -0.496 e. The SMILES string of the molecule is COc1cc(-c2cn(C)c(=O)c(C)c2C)cc(OC)c1COS(C)(=O)=O. The highest BCUT2D eigenvalue weighted by atomic mass is 32.2.